The van der Waals surface area contributed by atoms with Gasteiger partial charge in [0.1, 0.15) is 5.82 Å². The van der Waals surface area contributed by atoms with Crippen LogP contribution in [0.4, 0.5) is 5.13 Å². The third kappa shape index (κ3) is 4.49. The molecule has 25 heavy (non-hydrogen) atoms. The normalized spacial score (nSPS) is 15.7. The predicted octanol–water partition coefficient (Wildman–Crippen LogP) is 2.62. The lowest BCUT2D eigenvalue weighted by atomic mass is 10.3. The fourth-order valence-electron chi connectivity index (χ4n) is 2.83. The summed E-state index contributed by atoms with van der Waals surface area (Å²) in [5.74, 6) is 1.93. The SMILES string of the molecule is CCc1nsc(N2CCN(C(=NC)NCc3ccc(CC)s3)CC2)n1. The molecule has 0 amide bonds. The van der Waals surface area contributed by atoms with Gasteiger partial charge in [0.05, 0.1) is 6.54 Å². The van der Waals surface area contributed by atoms with Gasteiger partial charge in [0.15, 0.2) is 5.96 Å². The quantitative estimate of drug-likeness (QED) is 0.640. The molecule has 8 heteroatoms. The summed E-state index contributed by atoms with van der Waals surface area (Å²) in [7, 11) is 1.86. The summed E-state index contributed by atoms with van der Waals surface area (Å²) in [4.78, 5) is 16.5. The van der Waals surface area contributed by atoms with E-state index >= 15 is 0 Å². The van der Waals surface area contributed by atoms with Gasteiger partial charge < -0.3 is 15.1 Å². The molecule has 1 aliphatic heterocycles. The van der Waals surface area contributed by atoms with E-state index in [1.54, 1.807) is 0 Å². The van der Waals surface area contributed by atoms with E-state index in [0.29, 0.717) is 0 Å². The first-order valence-electron chi connectivity index (χ1n) is 8.84. The molecule has 1 N–H and O–H groups in total. The van der Waals surface area contributed by atoms with Crippen molar-refractivity contribution in [1.29, 1.82) is 0 Å². The molecule has 3 heterocycles. The zero-order chi connectivity index (χ0) is 17.6. The minimum absolute atomic E-state index is 0.841. The number of anilines is 1. The van der Waals surface area contributed by atoms with E-state index in [2.05, 4.69) is 55.4 Å². The number of aliphatic imine (C=N–C) groups is 1. The minimum atomic E-state index is 0.841. The van der Waals surface area contributed by atoms with Crippen LogP contribution in [0, 0.1) is 0 Å². The first-order chi connectivity index (χ1) is 12.2. The van der Waals surface area contributed by atoms with E-state index in [1.165, 1.54) is 21.3 Å². The molecule has 0 spiro atoms. The average Bonchev–Trinajstić information content (AvgIpc) is 3.32. The molecule has 0 aromatic carbocycles. The Balaban J connectivity index is 1.51. The highest BCUT2D eigenvalue weighted by molar-refractivity contribution is 7.12. The highest BCUT2D eigenvalue weighted by atomic mass is 32.1. The van der Waals surface area contributed by atoms with Crippen molar-refractivity contribution in [3.63, 3.8) is 0 Å². The fraction of sp³-hybridized carbons (Fsp3) is 0.588. The molecule has 0 bridgehead atoms. The van der Waals surface area contributed by atoms with Crippen LogP contribution in [0.15, 0.2) is 17.1 Å². The van der Waals surface area contributed by atoms with Gasteiger partial charge >= 0.3 is 0 Å². The highest BCUT2D eigenvalue weighted by Crippen LogP contribution is 2.20. The van der Waals surface area contributed by atoms with E-state index < -0.39 is 0 Å². The van der Waals surface area contributed by atoms with E-state index in [1.807, 2.05) is 18.4 Å². The maximum Gasteiger partial charge on any atom is 0.205 e. The second kappa shape index (κ2) is 8.62. The molecule has 0 saturated carbocycles. The third-order valence-electron chi connectivity index (χ3n) is 4.32. The number of thiophene rings is 1. The molecule has 3 rings (SSSR count). The van der Waals surface area contributed by atoms with Gasteiger partial charge in [-0.25, -0.2) is 4.98 Å². The van der Waals surface area contributed by atoms with Crippen LogP contribution in [0.2, 0.25) is 0 Å². The Morgan fingerprint density at radius 3 is 2.52 bits per heavy atom. The summed E-state index contributed by atoms with van der Waals surface area (Å²) < 4.78 is 4.39. The molecule has 1 aliphatic rings. The number of hydrogen-bond acceptors (Lipinski definition) is 6. The highest BCUT2D eigenvalue weighted by Gasteiger charge is 2.22. The lowest BCUT2D eigenvalue weighted by Gasteiger charge is -2.36. The minimum Gasteiger partial charge on any atom is -0.351 e. The lowest BCUT2D eigenvalue weighted by Crippen LogP contribution is -2.52. The second-order valence-electron chi connectivity index (χ2n) is 5.94. The first-order valence-corrected chi connectivity index (χ1v) is 10.4. The summed E-state index contributed by atoms with van der Waals surface area (Å²) in [5.41, 5.74) is 0. The van der Waals surface area contributed by atoms with Crippen LogP contribution in [-0.2, 0) is 19.4 Å². The number of piperazine rings is 1. The van der Waals surface area contributed by atoms with Gasteiger partial charge in [0, 0.05) is 60.9 Å². The summed E-state index contributed by atoms with van der Waals surface area (Å²) in [6, 6.07) is 4.43. The largest absolute Gasteiger partial charge is 0.351 e. The van der Waals surface area contributed by atoms with Gasteiger partial charge in [-0.15, -0.1) is 11.3 Å². The van der Waals surface area contributed by atoms with Crippen LogP contribution in [0.3, 0.4) is 0 Å². The Morgan fingerprint density at radius 1 is 1.16 bits per heavy atom. The monoisotopic (exact) mass is 378 g/mol. The number of hydrogen-bond donors (Lipinski definition) is 1. The maximum atomic E-state index is 4.60. The Kier molecular flexibility index (Phi) is 6.25. The lowest BCUT2D eigenvalue weighted by molar-refractivity contribution is 0.372. The molecule has 2 aromatic rings. The molecule has 6 nitrogen and oxygen atoms in total. The Labute approximate surface area is 157 Å². The number of nitrogens with one attached hydrogen (secondary N) is 1. The van der Waals surface area contributed by atoms with E-state index in [4.69, 9.17) is 0 Å². The van der Waals surface area contributed by atoms with Crippen LogP contribution in [-0.4, -0.2) is 53.4 Å². The van der Waals surface area contributed by atoms with Gasteiger partial charge in [-0.05, 0) is 18.6 Å². The van der Waals surface area contributed by atoms with Gasteiger partial charge in [0.2, 0.25) is 5.13 Å². The number of guanidine groups is 1. The molecule has 1 fully saturated rings. The first kappa shape index (κ1) is 18.1. The number of nitrogens with zero attached hydrogens (tertiary/aromatic N) is 5. The van der Waals surface area contributed by atoms with Gasteiger partial charge in [-0.2, -0.15) is 4.37 Å². The van der Waals surface area contributed by atoms with Crippen LogP contribution in [0.25, 0.3) is 0 Å². The molecular weight excluding hydrogens is 352 g/mol. The van der Waals surface area contributed by atoms with Gasteiger partial charge in [-0.1, -0.05) is 13.8 Å². The molecule has 0 radical (unpaired) electrons. The zero-order valence-corrected chi connectivity index (χ0v) is 16.8. The summed E-state index contributed by atoms with van der Waals surface area (Å²) in [5, 5.41) is 4.55. The van der Waals surface area contributed by atoms with Gasteiger partial charge in [-0.3, -0.25) is 4.99 Å². The third-order valence-corrected chi connectivity index (χ3v) is 6.37. The maximum absolute atomic E-state index is 4.60. The Bertz CT molecular complexity index is 700. The fourth-order valence-corrected chi connectivity index (χ4v) is 4.53. The van der Waals surface area contributed by atoms with Crippen molar-refractivity contribution < 1.29 is 0 Å². The zero-order valence-electron chi connectivity index (χ0n) is 15.2. The smallest absolute Gasteiger partial charge is 0.205 e. The Hall–Kier alpha value is -1.67. The van der Waals surface area contributed by atoms with Crippen LogP contribution in [0.5, 0.6) is 0 Å². The molecule has 2 aromatic heterocycles. The number of aromatic nitrogens is 2. The molecule has 0 atom stereocenters. The Morgan fingerprint density at radius 2 is 1.92 bits per heavy atom. The van der Waals surface area contributed by atoms with Gasteiger partial charge in [0.25, 0.3) is 0 Å². The van der Waals surface area contributed by atoms with E-state index in [-0.39, 0.29) is 0 Å². The number of aryl methyl sites for hydroxylation is 2. The summed E-state index contributed by atoms with van der Waals surface area (Å²) in [6.07, 6.45) is 2.00. The van der Waals surface area contributed by atoms with Crippen molar-refractivity contribution in [2.24, 2.45) is 4.99 Å². The molecule has 0 unspecified atom stereocenters. The predicted molar refractivity (Wildman–Crippen MR) is 107 cm³/mol. The van der Waals surface area contributed by atoms with Crippen molar-refractivity contribution in [2.75, 3.05) is 38.1 Å². The molecular formula is C17H26N6S2. The van der Waals surface area contributed by atoms with Crippen molar-refractivity contribution in [3.8, 4) is 0 Å². The molecule has 1 saturated heterocycles. The standard InChI is InChI=1S/C17H26N6S2/c1-4-13-6-7-14(24-13)12-19-16(18-3)22-8-10-23(11-9-22)17-20-15(5-2)21-25-17/h6-7H,4-5,8-12H2,1-3H3,(H,18,19). The molecule has 136 valence electrons. The second-order valence-corrected chi connectivity index (χ2v) is 7.93. The van der Waals surface area contributed by atoms with Crippen LogP contribution < -0.4 is 10.2 Å². The van der Waals surface area contributed by atoms with Crippen molar-refractivity contribution >= 4 is 34.0 Å². The van der Waals surface area contributed by atoms with Crippen LogP contribution >= 0.6 is 22.9 Å². The molecule has 0 aliphatic carbocycles. The van der Waals surface area contributed by atoms with Crippen molar-refractivity contribution in [3.05, 3.63) is 27.7 Å². The van der Waals surface area contributed by atoms with E-state index in [0.717, 1.165) is 62.5 Å². The summed E-state index contributed by atoms with van der Waals surface area (Å²) >= 11 is 3.39. The van der Waals surface area contributed by atoms with Crippen molar-refractivity contribution in [1.82, 2.24) is 19.6 Å². The van der Waals surface area contributed by atoms with Crippen LogP contribution in [0.1, 0.15) is 29.4 Å². The topological polar surface area (TPSA) is 56.7 Å². The van der Waals surface area contributed by atoms with Crippen molar-refractivity contribution in [2.45, 2.75) is 33.2 Å². The average molecular weight is 379 g/mol. The van der Waals surface area contributed by atoms with E-state index in [9.17, 15) is 0 Å². The summed E-state index contributed by atoms with van der Waals surface area (Å²) in [6.45, 7) is 8.94. The number of rotatable bonds is 5.